The fourth-order valence-electron chi connectivity index (χ4n) is 2.66. The summed E-state index contributed by atoms with van der Waals surface area (Å²) in [6.45, 7) is 16.5. The third kappa shape index (κ3) is 13.5. The van der Waals surface area contributed by atoms with E-state index in [1.165, 1.54) is 71.2 Å². The van der Waals surface area contributed by atoms with Gasteiger partial charge in [-0.05, 0) is 32.9 Å². The molecular formula is C19H44N2O. The second-order valence-electron chi connectivity index (χ2n) is 5.64. The number of methoxy groups -OCH3 is 1. The normalized spacial score (nSPS) is 17.0. The second-order valence-corrected chi connectivity index (χ2v) is 5.64. The summed E-state index contributed by atoms with van der Waals surface area (Å²) in [6, 6.07) is 0. The summed E-state index contributed by atoms with van der Waals surface area (Å²) in [4.78, 5) is 5.03. The topological polar surface area (TPSA) is 15.7 Å². The first-order valence-electron chi connectivity index (χ1n) is 9.70. The standard InChI is InChI=1S/C15H32N2O.2C2H6/c1-4-8-15(18-3)9-6-5-7-10-17-13-11-16(2)12-14-17;2*1-2/h15H,4-14H2,1-3H3;2*1-2H3. The van der Waals surface area contributed by atoms with Gasteiger partial charge in [0.1, 0.15) is 0 Å². The molecule has 0 aromatic heterocycles. The Kier molecular flexibility index (Phi) is 20.8. The van der Waals surface area contributed by atoms with Crippen LogP contribution in [-0.2, 0) is 4.74 Å². The van der Waals surface area contributed by atoms with Crippen LogP contribution in [0.25, 0.3) is 0 Å². The first-order valence-corrected chi connectivity index (χ1v) is 9.70. The number of likely N-dealkylation sites (N-methyl/N-ethyl adjacent to an activating group) is 1. The molecule has 1 heterocycles. The lowest BCUT2D eigenvalue weighted by atomic mass is 10.1. The molecule has 1 unspecified atom stereocenters. The van der Waals surface area contributed by atoms with Crippen molar-refractivity contribution in [2.45, 2.75) is 79.2 Å². The molecule has 0 N–H and O–H groups in total. The van der Waals surface area contributed by atoms with Crippen LogP contribution >= 0.6 is 0 Å². The summed E-state index contributed by atoms with van der Waals surface area (Å²) >= 11 is 0. The molecule has 1 atom stereocenters. The van der Waals surface area contributed by atoms with Gasteiger partial charge in [-0.1, -0.05) is 53.9 Å². The molecule has 0 saturated carbocycles. The molecule has 1 saturated heterocycles. The quantitative estimate of drug-likeness (QED) is 0.575. The van der Waals surface area contributed by atoms with E-state index >= 15 is 0 Å². The van der Waals surface area contributed by atoms with Crippen molar-refractivity contribution in [3.63, 3.8) is 0 Å². The third-order valence-electron chi connectivity index (χ3n) is 4.04. The highest BCUT2D eigenvalue weighted by Gasteiger charge is 2.12. The van der Waals surface area contributed by atoms with Crippen molar-refractivity contribution >= 4 is 0 Å². The third-order valence-corrected chi connectivity index (χ3v) is 4.04. The largest absolute Gasteiger partial charge is 0.381 e. The molecule has 0 spiro atoms. The maximum atomic E-state index is 5.48. The van der Waals surface area contributed by atoms with E-state index in [4.69, 9.17) is 4.74 Å². The number of unbranched alkanes of at least 4 members (excludes halogenated alkanes) is 2. The van der Waals surface area contributed by atoms with Gasteiger partial charge < -0.3 is 14.5 Å². The van der Waals surface area contributed by atoms with Crippen LogP contribution in [0.1, 0.15) is 73.1 Å². The van der Waals surface area contributed by atoms with Crippen LogP contribution in [0, 0.1) is 0 Å². The molecule has 1 fully saturated rings. The molecule has 1 rings (SSSR count). The molecule has 0 bridgehead atoms. The zero-order valence-electron chi connectivity index (χ0n) is 16.7. The van der Waals surface area contributed by atoms with E-state index < -0.39 is 0 Å². The molecule has 1 aliphatic rings. The maximum Gasteiger partial charge on any atom is 0.0571 e. The predicted octanol–water partition coefficient (Wildman–Crippen LogP) is 4.66. The Bertz CT molecular complexity index is 192. The zero-order chi connectivity index (χ0) is 17.2. The molecule has 0 aromatic carbocycles. The smallest absolute Gasteiger partial charge is 0.0571 e. The van der Waals surface area contributed by atoms with Crippen molar-refractivity contribution < 1.29 is 4.74 Å². The molecule has 1 aliphatic heterocycles. The monoisotopic (exact) mass is 316 g/mol. The van der Waals surface area contributed by atoms with E-state index in [9.17, 15) is 0 Å². The van der Waals surface area contributed by atoms with Crippen molar-refractivity contribution in [1.29, 1.82) is 0 Å². The van der Waals surface area contributed by atoms with E-state index in [1.807, 2.05) is 34.8 Å². The van der Waals surface area contributed by atoms with Crippen LogP contribution in [0.15, 0.2) is 0 Å². The second kappa shape index (κ2) is 18.9. The van der Waals surface area contributed by atoms with Gasteiger partial charge >= 0.3 is 0 Å². The van der Waals surface area contributed by atoms with Gasteiger partial charge in [0.2, 0.25) is 0 Å². The molecule has 0 aromatic rings. The average Bonchev–Trinajstić information content (AvgIpc) is 2.59. The molecule has 136 valence electrons. The number of rotatable bonds is 9. The summed E-state index contributed by atoms with van der Waals surface area (Å²) in [5.41, 5.74) is 0. The molecule has 22 heavy (non-hydrogen) atoms. The Morgan fingerprint density at radius 2 is 1.45 bits per heavy atom. The Morgan fingerprint density at radius 3 is 1.95 bits per heavy atom. The molecule has 3 nitrogen and oxygen atoms in total. The molecule has 0 amide bonds. The summed E-state index contributed by atoms with van der Waals surface area (Å²) in [5, 5.41) is 0. The van der Waals surface area contributed by atoms with E-state index in [-0.39, 0.29) is 0 Å². The highest BCUT2D eigenvalue weighted by molar-refractivity contribution is 4.69. The molecular weight excluding hydrogens is 272 g/mol. The van der Waals surface area contributed by atoms with Crippen LogP contribution in [0.4, 0.5) is 0 Å². The van der Waals surface area contributed by atoms with Gasteiger partial charge in [-0.3, -0.25) is 0 Å². The van der Waals surface area contributed by atoms with Gasteiger partial charge in [0.05, 0.1) is 6.10 Å². The SMILES string of the molecule is CC.CC.CCCC(CCCCCN1CCN(C)CC1)OC. The highest BCUT2D eigenvalue weighted by Crippen LogP contribution is 2.12. The van der Waals surface area contributed by atoms with Crippen LogP contribution in [-0.4, -0.2) is 62.8 Å². The number of piperazine rings is 1. The van der Waals surface area contributed by atoms with E-state index in [0.29, 0.717) is 6.10 Å². The predicted molar refractivity (Wildman–Crippen MR) is 101 cm³/mol. The summed E-state index contributed by atoms with van der Waals surface area (Å²) < 4.78 is 5.48. The zero-order valence-corrected chi connectivity index (χ0v) is 16.7. The van der Waals surface area contributed by atoms with Crippen molar-refractivity contribution in [3.8, 4) is 0 Å². The van der Waals surface area contributed by atoms with Crippen molar-refractivity contribution in [3.05, 3.63) is 0 Å². The van der Waals surface area contributed by atoms with E-state index in [0.717, 1.165) is 0 Å². The fourth-order valence-corrected chi connectivity index (χ4v) is 2.66. The molecule has 3 heteroatoms. The minimum absolute atomic E-state index is 0.499. The van der Waals surface area contributed by atoms with Crippen LogP contribution < -0.4 is 0 Å². The minimum Gasteiger partial charge on any atom is -0.381 e. The van der Waals surface area contributed by atoms with Crippen LogP contribution in [0.3, 0.4) is 0 Å². The molecule has 0 aliphatic carbocycles. The van der Waals surface area contributed by atoms with Gasteiger partial charge in [-0.25, -0.2) is 0 Å². The average molecular weight is 317 g/mol. The first kappa shape index (κ1) is 24.1. The minimum atomic E-state index is 0.499. The number of hydrogen-bond acceptors (Lipinski definition) is 3. The lowest BCUT2D eigenvalue weighted by molar-refractivity contribution is 0.0844. The van der Waals surface area contributed by atoms with Crippen molar-refractivity contribution in [2.24, 2.45) is 0 Å². The Hall–Kier alpha value is -0.120. The van der Waals surface area contributed by atoms with Gasteiger partial charge in [-0.15, -0.1) is 0 Å². The number of ether oxygens (including phenoxy) is 1. The Labute approximate surface area is 141 Å². The Morgan fingerprint density at radius 1 is 0.864 bits per heavy atom. The number of nitrogens with zero attached hydrogens (tertiary/aromatic N) is 2. The summed E-state index contributed by atoms with van der Waals surface area (Å²) in [6.07, 6.45) is 8.23. The van der Waals surface area contributed by atoms with Gasteiger partial charge in [-0.2, -0.15) is 0 Å². The van der Waals surface area contributed by atoms with E-state index in [1.54, 1.807) is 0 Å². The van der Waals surface area contributed by atoms with Gasteiger partial charge in [0.15, 0.2) is 0 Å². The fraction of sp³-hybridized carbons (Fsp3) is 1.00. The van der Waals surface area contributed by atoms with Crippen molar-refractivity contribution in [2.75, 3.05) is 46.9 Å². The van der Waals surface area contributed by atoms with Gasteiger partial charge in [0.25, 0.3) is 0 Å². The van der Waals surface area contributed by atoms with Gasteiger partial charge in [0, 0.05) is 33.3 Å². The lowest BCUT2D eigenvalue weighted by Crippen LogP contribution is -2.44. The lowest BCUT2D eigenvalue weighted by Gasteiger charge is -2.32. The van der Waals surface area contributed by atoms with Crippen molar-refractivity contribution in [1.82, 2.24) is 9.80 Å². The summed E-state index contributed by atoms with van der Waals surface area (Å²) in [7, 11) is 4.07. The van der Waals surface area contributed by atoms with Crippen LogP contribution in [0.2, 0.25) is 0 Å². The summed E-state index contributed by atoms with van der Waals surface area (Å²) in [5.74, 6) is 0. The first-order chi connectivity index (χ1) is 10.8. The molecule has 0 radical (unpaired) electrons. The Balaban J connectivity index is 0. The van der Waals surface area contributed by atoms with E-state index in [2.05, 4.69) is 23.8 Å². The highest BCUT2D eigenvalue weighted by atomic mass is 16.5. The maximum absolute atomic E-state index is 5.48. The number of hydrogen-bond donors (Lipinski definition) is 0. The van der Waals surface area contributed by atoms with Crippen LogP contribution in [0.5, 0.6) is 0 Å².